The largest absolute Gasteiger partial charge is 0.465 e. The molecule has 5 nitrogen and oxygen atoms in total. The fourth-order valence-electron chi connectivity index (χ4n) is 1.59. The summed E-state index contributed by atoms with van der Waals surface area (Å²) in [6.07, 6.45) is -1.21. The number of sulfone groups is 1. The highest BCUT2D eigenvalue weighted by Gasteiger charge is 2.30. The number of fused-ring (bicyclic) bond motifs is 1. The minimum atomic E-state index is -3.49. The number of hydrogen-bond donors (Lipinski definition) is 1. The van der Waals surface area contributed by atoms with E-state index in [2.05, 4.69) is 0 Å². The maximum atomic E-state index is 11.7. The van der Waals surface area contributed by atoms with E-state index in [1.165, 1.54) is 6.07 Å². The standard InChI is InChI=1S/C9H9NO4S/c11-9(12)10-5-7-3-1-2-4-8(7)15(13,14)6-10/h1-4H,5-6H2,(H,11,12). The molecule has 80 valence electrons. The van der Waals surface area contributed by atoms with Crippen molar-refractivity contribution in [2.45, 2.75) is 11.4 Å². The summed E-state index contributed by atoms with van der Waals surface area (Å²) in [6, 6.07) is 6.46. The first-order valence-electron chi connectivity index (χ1n) is 4.29. The van der Waals surface area contributed by atoms with Gasteiger partial charge in [-0.15, -0.1) is 0 Å². The number of amides is 1. The fourth-order valence-corrected chi connectivity index (χ4v) is 3.16. The molecule has 1 aromatic rings. The van der Waals surface area contributed by atoms with E-state index in [1.54, 1.807) is 18.2 Å². The van der Waals surface area contributed by atoms with Crippen LogP contribution in [0.4, 0.5) is 4.79 Å². The van der Waals surface area contributed by atoms with E-state index >= 15 is 0 Å². The fraction of sp³-hybridized carbons (Fsp3) is 0.222. The lowest BCUT2D eigenvalue weighted by Crippen LogP contribution is -2.38. The number of hydrogen-bond acceptors (Lipinski definition) is 3. The SMILES string of the molecule is O=C(O)N1Cc2ccccc2S(=O)(=O)C1. The van der Waals surface area contributed by atoms with Crippen molar-refractivity contribution in [3.05, 3.63) is 29.8 Å². The lowest BCUT2D eigenvalue weighted by atomic mass is 10.2. The Balaban J connectivity index is 2.53. The van der Waals surface area contributed by atoms with E-state index in [-0.39, 0.29) is 11.4 Å². The predicted molar refractivity (Wildman–Crippen MR) is 52.1 cm³/mol. The van der Waals surface area contributed by atoms with E-state index in [0.717, 1.165) is 4.90 Å². The van der Waals surface area contributed by atoms with Gasteiger partial charge in [0.15, 0.2) is 9.84 Å². The van der Waals surface area contributed by atoms with E-state index < -0.39 is 21.8 Å². The average Bonchev–Trinajstić information content (AvgIpc) is 2.16. The van der Waals surface area contributed by atoms with Gasteiger partial charge in [0, 0.05) is 0 Å². The van der Waals surface area contributed by atoms with Crippen LogP contribution in [0.2, 0.25) is 0 Å². The summed E-state index contributed by atoms with van der Waals surface area (Å²) in [6.45, 7) is 0.130. The van der Waals surface area contributed by atoms with Gasteiger partial charge in [-0.25, -0.2) is 13.2 Å². The molecule has 0 spiro atoms. The molecule has 0 unspecified atom stereocenters. The van der Waals surface area contributed by atoms with Crippen molar-refractivity contribution >= 4 is 15.9 Å². The van der Waals surface area contributed by atoms with Crippen LogP contribution in [0, 0.1) is 0 Å². The van der Waals surface area contributed by atoms with Crippen molar-refractivity contribution in [3.8, 4) is 0 Å². The van der Waals surface area contributed by atoms with Crippen LogP contribution < -0.4 is 0 Å². The first kappa shape index (κ1) is 9.97. The first-order valence-corrected chi connectivity index (χ1v) is 5.94. The molecular formula is C9H9NO4S. The summed E-state index contributed by atoms with van der Waals surface area (Å²) < 4.78 is 23.4. The molecule has 0 aliphatic carbocycles. The topological polar surface area (TPSA) is 74.7 Å². The van der Waals surface area contributed by atoms with Crippen LogP contribution in [-0.4, -0.2) is 30.4 Å². The maximum absolute atomic E-state index is 11.7. The second kappa shape index (κ2) is 3.23. The minimum absolute atomic E-state index is 0.130. The number of benzene rings is 1. The summed E-state index contributed by atoms with van der Waals surface area (Å²) >= 11 is 0. The molecule has 1 aliphatic heterocycles. The van der Waals surface area contributed by atoms with E-state index in [1.807, 2.05) is 0 Å². The number of nitrogens with zero attached hydrogens (tertiary/aromatic N) is 1. The smallest absolute Gasteiger partial charge is 0.408 e. The van der Waals surface area contributed by atoms with Gasteiger partial charge in [-0.05, 0) is 11.6 Å². The van der Waals surface area contributed by atoms with E-state index in [4.69, 9.17) is 5.11 Å². The zero-order valence-corrected chi connectivity index (χ0v) is 8.57. The van der Waals surface area contributed by atoms with Gasteiger partial charge in [0.1, 0.15) is 5.88 Å². The van der Waals surface area contributed by atoms with Crippen LogP contribution in [0.25, 0.3) is 0 Å². The van der Waals surface area contributed by atoms with Crippen molar-refractivity contribution in [1.29, 1.82) is 0 Å². The minimum Gasteiger partial charge on any atom is -0.465 e. The quantitative estimate of drug-likeness (QED) is 0.714. The third-order valence-corrected chi connectivity index (χ3v) is 3.99. The van der Waals surface area contributed by atoms with Gasteiger partial charge < -0.3 is 5.11 Å². The molecule has 0 fully saturated rings. The molecule has 0 saturated heterocycles. The normalized spacial score (nSPS) is 18.3. The molecule has 0 saturated carbocycles. The van der Waals surface area contributed by atoms with E-state index in [0.29, 0.717) is 5.56 Å². The summed E-state index contributed by atoms with van der Waals surface area (Å²) in [7, 11) is -3.49. The number of rotatable bonds is 0. The van der Waals surface area contributed by atoms with Crippen molar-refractivity contribution in [1.82, 2.24) is 4.90 Å². The Morgan fingerprint density at radius 2 is 2.00 bits per heavy atom. The Labute approximate surface area is 86.9 Å². The van der Waals surface area contributed by atoms with Gasteiger partial charge in [-0.1, -0.05) is 18.2 Å². The zero-order valence-electron chi connectivity index (χ0n) is 7.75. The molecule has 15 heavy (non-hydrogen) atoms. The molecule has 1 heterocycles. The highest BCUT2D eigenvalue weighted by molar-refractivity contribution is 7.91. The molecule has 0 radical (unpaired) electrons. The molecule has 0 atom stereocenters. The zero-order chi connectivity index (χ0) is 11.1. The summed E-state index contributed by atoms with van der Waals surface area (Å²) in [4.78, 5) is 11.8. The van der Waals surface area contributed by atoms with Crippen LogP contribution >= 0.6 is 0 Å². The molecule has 0 bridgehead atoms. The Kier molecular flexibility index (Phi) is 2.15. The van der Waals surface area contributed by atoms with Gasteiger partial charge >= 0.3 is 6.09 Å². The summed E-state index contributed by atoms with van der Waals surface area (Å²) in [5, 5.41) is 8.76. The average molecular weight is 227 g/mol. The number of carboxylic acid groups (broad SMARTS) is 1. The maximum Gasteiger partial charge on any atom is 0.408 e. The Hall–Kier alpha value is -1.56. The van der Waals surface area contributed by atoms with Gasteiger partial charge in [-0.2, -0.15) is 0 Å². The van der Waals surface area contributed by atoms with Crippen LogP contribution in [0.15, 0.2) is 29.2 Å². The molecule has 1 N–H and O–H groups in total. The number of carbonyl (C=O) groups is 1. The van der Waals surface area contributed by atoms with Crippen molar-refractivity contribution in [2.75, 3.05) is 5.88 Å². The van der Waals surface area contributed by atoms with Crippen molar-refractivity contribution in [2.24, 2.45) is 0 Å². The molecule has 2 rings (SSSR count). The second-order valence-corrected chi connectivity index (χ2v) is 5.26. The molecule has 0 aromatic heterocycles. The van der Waals surface area contributed by atoms with Gasteiger partial charge in [0.25, 0.3) is 0 Å². The Morgan fingerprint density at radius 3 is 2.67 bits per heavy atom. The molecule has 1 aliphatic rings. The lowest BCUT2D eigenvalue weighted by molar-refractivity contribution is 0.148. The Morgan fingerprint density at radius 1 is 1.33 bits per heavy atom. The monoisotopic (exact) mass is 227 g/mol. The van der Waals surface area contributed by atoms with Crippen molar-refractivity contribution < 1.29 is 18.3 Å². The van der Waals surface area contributed by atoms with Crippen molar-refractivity contribution in [3.63, 3.8) is 0 Å². The van der Waals surface area contributed by atoms with Crippen LogP contribution in [0.1, 0.15) is 5.56 Å². The van der Waals surface area contributed by atoms with Crippen LogP contribution in [0.5, 0.6) is 0 Å². The van der Waals surface area contributed by atoms with Crippen LogP contribution in [0.3, 0.4) is 0 Å². The van der Waals surface area contributed by atoms with E-state index in [9.17, 15) is 13.2 Å². The molecule has 6 heteroatoms. The second-order valence-electron chi connectivity index (χ2n) is 3.33. The van der Waals surface area contributed by atoms with Gasteiger partial charge in [-0.3, -0.25) is 4.90 Å². The third-order valence-electron chi connectivity index (χ3n) is 2.27. The Bertz CT molecular complexity index is 509. The first-order chi connectivity index (χ1) is 7.00. The van der Waals surface area contributed by atoms with Crippen LogP contribution in [-0.2, 0) is 16.4 Å². The molecule has 1 amide bonds. The summed E-state index contributed by atoms with van der Waals surface area (Å²) in [5.74, 6) is -0.459. The summed E-state index contributed by atoms with van der Waals surface area (Å²) in [5.41, 5.74) is 0.533. The highest BCUT2D eigenvalue weighted by atomic mass is 32.2. The predicted octanol–water partition coefficient (Wildman–Crippen LogP) is 0.911. The van der Waals surface area contributed by atoms with Gasteiger partial charge in [0.2, 0.25) is 0 Å². The lowest BCUT2D eigenvalue weighted by Gasteiger charge is -2.25. The molecule has 1 aromatic carbocycles. The molecular weight excluding hydrogens is 218 g/mol. The third kappa shape index (κ3) is 1.68. The van der Waals surface area contributed by atoms with Gasteiger partial charge in [0.05, 0.1) is 11.4 Å². The highest BCUT2D eigenvalue weighted by Crippen LogP contribution is 2.24.